The van der Waals surface area contributed by atoms with Crippen molar-refractivity contribution in [2.75, 3.05) is 5.32 Å². The fraction of sp³-hybridized carbons (Fsp3) is 0.176. The summed E-state index contributed by atoms with van der Waals surface area (Å²) in [4.78, 5) is 16.9. The fourth-order valence-corrected chi connectivity index (χ4v) is 2.62. The summed E-state index contributed by atoms with van der Waals surface area (Å²) in [7, 11) is 0. The highest BCUT2D eigenvalue weighted by Gasteiger charge is 2.12. The fourth-order valence-electron chi connectivity index (χ4n) is 2.44. The summed E-state index contributed by atoms with van der Waals surface area (Å²) >= 11 is 6.07. The first-order valence-corrected chi connectivity index (χ1v) is 7.51. The van der Waals surface area contributed by atoms with Gasteiger partial charge in [0.2, 0.25) is 0 Å². The lowest BCUT2D eigenvalue weighted by atomic mass is 10.2. The van der Waals surface area contributed by atoms with Crippen molar-refractivity contribution in [1.82, 2.24) is 9.38 Å². The molecule has 1 amide bonds. The Balaban J connectivity index is 1.94. The number of carbonyl (C=O) groups excluding carboxylic acids is 1. The van der Waals surface area contributed by atoms with Crippen LogP contribution in [0, 0.1) is 6.92 Å². The number of imidazole rings is 1. The molecule has 0 aliphatic heterocycles. The molecule has 0 aliphatic carbocycles. The van der Waals surface area contributed by atoms with Crippen LogP contribution in [0.25, 0.3) is 5.65 Å². The lowest BCUT2D eigenvalue weighted by Gasteiger charge is -2.07. The second kappa shape index (κ2) is 5.81. The van der Waals surface area contributed by atoms with Gasteiger partial charge in [-0.3, -0.25) is 4.79 Å². The van der Waals surface area contributed by atoms with Crippen LogP contribution >= 0.6 is 11.6 Å². The number of hydrogen-bond acceptors (Lipinski definition) is 2. The highest BCUT2D eigenvalue weighted by molar-refractivity contribution is 6.33. The van der Waals surface area contributed by atoms with Crippen molar-refractivity contribution in [3.8, 4) is 0 Å². The van der Waals surface area contributed by atoms with Crippen molar-refractivity contribution in [3.05, 3.63) is 64.6 Å². The molecule has 0 bridgehead atoms. The van der Waals surface area contributed by atoms with E-state index in [2.05, 4.69) is 17.2 Å². The van der Waals surface area contributed by atoms with E-state index in [1.165, 1.54) is 0 Å². The maximum atomic E-state index is 12.4. The average molecular weight is 314 g/mol. The molecular formula is C17H16ClN3O. The van der Waals surface area contributed by atoms with Crippen LogP contribution < -0.4 is 5.32 Å². The lowest BCUT2D eigenvalue weighted by molar-refractivity contribution is 0.102. The van der Waals surface area contributed by atoms with Crippen LogP contribution in [0.4, 0.5) is 5.69 Å². The maximum Gasteiger partial charge on any atom is 0.257 e. The number of hydrogen-bond donors (Lipinski definition) is 1. The van der Waals surface area contributed by atoms with Crippen molar-refractivity contribution in [1.29, 1.82) is 0 Å². The van der Waals surface area contributed by atoms with E-state index in [1.54, 1.807) is 18.2 Å². The van der Waals surface area contributed by atoms with E-state index in [-0.39, 0.29) is 5.91 Å². The Labute approximate surface area is 133 Å². The van der Waals surface area contributed by atoms with E-state index >= 15 is 0 Å². The third-order valence-corrected chi connectivity index (χ3v) is 4.00. The van der Waals surface area contributed by atoms with Crippen molar-refractivity contribution in [2.24, 2.45) is 0 Å². The van der Waals surface area contributed by atoms with E-state index in [1.807, 2.05) is 35.7 Å². The van der Waals surface area contributed by atoms with Gasteiger partial charge in [0.25, 0.3) is 5.91 Å². The molecule has 4 nitrogen and oxygen atoms in total. The average Bonchev–Trinajstić information content (AvgIpc) is 2.85. The number of rotatable bonds is 3. The summed E-state index contributed by atoms with van der Waals surface area (Å²) in [5, 5.41) is 3.34. The van der Waals surface area contributed by atoms with Crippen LogP contribution in [0.1, 0.15) is 28.7 Å². The third kappa shape index (κ3) is 2.57. The minimum atomic E-state index is -0.193. The number of fused-ring (bicyclic) bond motifs is 1. The van der Waals surface area contributed by atoms with E-state index < -0.39 is 0 Å². The highest BCUT2D eigenvalue weighted by Crippen LogP contribution is 2.21. The SMILES string of the molecule is CCc1nc2ccc(C(=O)Nc3ccccc3Cl)cn2c1C. The molecule has 5 heteroatoms. The first-order chi connectivity index (χ1) is 10.6. The summed E-state index contributed by atoms with van der Waals surface area (Å²) in [6.45, 7) is 4.08. The van der Waals surface area contributed by atoms with Gasteiger partial charge in [-0.25, -0.2) is 4.98 Å². The number of benzene rings is 1. The predicted octanol–water partition coefficient (Wildman–Crippen LogP) is 4.11. The molecule has 0 radical (unpaired) electrons. The van der Waals surface area contributed by atoms with Crippen LogP contribution in [0.2, 0.25) is 5.02 Å². The summed E-state index contributed by atoms with van der Waals surface area (Å²) in [5.41, 5.74) is 4.12. The largest absolute Gasteiger partial charge is 0.321 e. The first-order valence-electron chi connectivity index (χ1n) is 7.13. The van der Waals surface area contributed by atoms with Gasteiger partial charge in [0.05, 0.1) is 22.0 Å². The second-order valence-electron chi connectivity index (χ2n) is 5.08. The molecule has 3 rings (SSSR count). The standard InChI is InChI=1S/C17H16ClN3O/c1-3-14-11(2)21-10-12(8-9-16(21)19-14)17(22)20-15-7-5-4-6-13(15)18/h4-10H,3H2,1-2H3,(H,20,22). The first kappa shape index (κ1) is 14.6. The number of amides is 1. The van der Waals surface area contributed by atoms with Gasteiger partial charge in [-0.1, -0.05) is 30.7 Å². The van der Waals surface area contributed by atoms with Crippen molar-refractivity contribution in [3.63, 3.8) is 0 Å². The van der Waals surface area contributed by atoms with Crippen LogP contribution in [-0.4, -0.2) is 15.3 Å². The van der Waals surface area contributed by atoms with Crippen LogP contribution in [0.3, 0.4) is 0 Å². The van der Waals surface area contributed by atoms with Gasteiger partial charge < -0.3 is 9.72 Å². The molecule has 0 saturated heterocycles. The Hall–Kier alpha value is -2.33. The molecule has 22 heavy (non-hydrogen) atoms. The van der Waals surface area contributed by atoms with Crippen LogP contribution in [0.5, 0.6) is 0 Å². The Morgan fingerprint density at radius 3 is 2.77 bits per heavy atom. The van der Waals surface area contributed by atoms with Crippen LogP contribution in [0.15, 0.2) is 42.6 Å². The maximum absolute atomic E-state index is 12.4. The van der Waals surface area contributed by atoms with E-state index in [0.29, 0.717) is 16.3 Å². The van der Waals surface area contributed by atoms with Gasteiger partial charge in [-0.05, 0) is 37.6 Å². The molecule has 0 fully saturated rings. The molecule has 0 atom stereocenters. The van der Waals surface area contributed by atoms with Crippen molar-refractivity contribution < 1.29 is 4.79 Å². The molecule has 3 aromatic rings. The number of nitrogens with zero attached hydrogens (tertiary/aromatic N) is 2. The number of anilines is 1. The number of carbonyl (C=O) groups is 1. The molecule has 112 valence electrons. The zero-order chi connectivity index (χ0) is 15.7. The van der Waals surface area contributed by atoms with Gasteiger partial charge in [0.15, 0.2) is 0 Å². The number of para-hydroxylation sites is 1. The number of nitrogens with one attached hydrogen (secondary N) is 1. The van der Waals surface area contributed by atoms with E-state index in [0.717, 1.165) is 23.5 Å². The smallest absolute Gasteiger partial charge is 0.257 e. The number of halogens is 1. The van der Waals surface area contributed by atoms with Crippen molar-refractivity contribution >= 4 is 28.8 Å². The Morgan fingerprint density at radius 1 is 1.27 bits per heavy atom. The van der Waals surface area contributed by atoms with Gasteiger partial charge in [0.1, 0.15) is 5.65 Å². The molecule has 1 aromatic carbocycles. The number of aromatic nitrogens is 2. The van der Waals surface area contributed by atoms with E-state index in [4.69, 9.17) is 11.6 Å². The zero-order valence-corrected chi connectivity index (χ0v) is 13.2. The summed E-state index contributed by atoms with van der Waals surface area (Å²) in [5.74, 6) is -0.193. The molecule has 0 unspecified atom stereocenters. The van der Waals surface area contributed by atoms with Crippen molar-refractivity contribution in [2.45, 2.75) is 20.3 Å². The Bertz CT molecular complexity index is 854. The van der Waals surface area contributed by atoms with Gasteiger partial charge in [-0.15, -0.1) is 0 Å². The number of pyridine rings is 1. The molecule has 2 heterocycles. The van der Waals surface area contributed by atoms with E-state index in [9.17, 15) is 4.79 Å². The van der Waals surface area contributed by atoms with Gasteiger partial charge in [0, 0.05) is 11.9 Å². The topological polar surface area (TPSA) is 46.4 Å². The normalized spacial score (nSPS) is 10.9. The molecule has 1 N–H and O–H groups in total. The summed E-state index contributed by atoms with van der Waals surface area (Å²) < 4.78 is 1.94. The highest BCUT2D eigenvalue weighted by atomic mass is 35.5. The minimum absolute atomic E-state index is 0.193. The molecule has 0 spiro atoms. The quantitative estimate of drug-likeness (QED) is 0.791. The molecular weight excluding hydrogens is 298 g/mol. The molecule has 2 aromatic heterocycles. The van der Waals surface area contributed by atoms with Crippen LogP contribution in [-0.2, 0) is 6.42 Å². The second-order valence-corrected chi connectivity index (χ2v) is 5.48. The molecule has 0 saturated carbocycles. The summed E-state index contributed by atoms with van der Waals surface area (Å²) in [6.07, 6.45) is 2.68. The monoisotopic (exact) mass is 313 g/mol. The Morgan fingerprint density at radius 2 is 2.05 bits per heavy atom. The van der Waals surface area contributed by atoms with Gasteiger partial charge in [-0.2, -0.15) is 0 Å². The van der Waals surface area contributed by atoms with Gasteiger partial charge >= 0.3 is 0 Å². The minimum Gasteiger partial charge on any atom is -0.321 e. The number of aryl methyl sites for hydroxylation is 2. The summed E-state index contributed by atoms with van der Waals surface area (Å²) in [6, 6.07) is 10.8. The third-order valence-electron chi connectivity index (χ3n) is 3.67. The Kier molecular flexibility index (Phi) is 3.86. The predicted molar refractivity (Wildman–Crippen MR) is 88.7 cm³/mol. The lowest BCUT2D eigenvalue weighted by Crippen LogP contribution is -2.13. The molecule has 0 aliphatic rings. The zero-order valence-electron chi connectivity index (χ0n) is 12.4.